The Labute approximate surface area is 665 Å². The van der Waals surface area contributed by atoms with Crippen molar-refractivity contribution < 1.29 is 80.2 Å². The molecule has 0 saturated carbocycles. The summed E-state index contributed by atoms with van der Waals surface area (Å²) in [4.78, 5) is 73.1. The van der Waals surface area contributed by atoms with Gasteiger partial charge < -0.3 is 33.8 Å². The van der Waals surface area contributed by atoms with Gasteiger partial charge in [-0.25, -0.2) is 9.13 Å². The van der Waals surface area contributed by atoms with Crippen LogP contribution in [0.3, 0.4) is 0 Å². The predicted octanol–water partition coefficient (Wildman–Crippen LogP) is 24.7. The number of hydrogen-bond acceptors (Lipinski definition) is 15. The normalized spacial score (nSPS) is 14.9. The molecule has 0 aliphatic rings. The van der Waals surface area contributed by atoms with E-state index in [0.29, 0.717) is 38.5 Å². The van der Waals surface area contributed by atoms with Crippen LogP contribution in [0, 0.1) is 0 Å². The number of phosphoric ester groups is 2. The Morgan fingerprint density at radius 1 is 0.264 bits per heavy atom. The molecule has 0 radical (unpaired) electrons. The fraction of sp³-hybridized carbons (Fsp3) is 0.582. The van der Waals surface area contributed by atoms with Gasteiger partial charge in [0.25, 0.3) is 0 Å². The van der Waals surface area contributed by atoms with Crippen molar-refractivity contribution in [3.05, 3.63) is 207 Å². The summed E-state index contributed by atoms with van der Waals surface area (Å²) in [5.41, 5.74) is 0. The van der Waals surface area contributed by atoms with Crippen LogP contribution in [0.2, 0.25) is 0 Å². The summed E-state index contributed by atoms with van der Waals surface area (Å²) >= 11 is 0. The number of carbonyl (C=O) groups is 4. The highest BCUT2D eigenvalue weighted by atomic mass is 31.2. The lowest BCUT2D eigenvalue weighted by atomic mass is 10.0. The van der Waals surface area contributed by atoms with Gasteiger partial charge in [-0.15, -0.1) is 0 Å². The molecule has 0 rings (SSSR count). The third-order valence-corrected chi connectivity index (χ3v) is 18.2. The maximum absolute atomic E-state index is 13.1. The van der Waals surface area contributed by atoms with Crippen molar-refractivity contribution >= 4 is 39.5 Å². The molecule has 5 atom stereocenters. The Kier molecular flexibility index (Phi) is 76.0. The van der Waals surface area contributed by atoms with Crippen LogP contribution >= 0.6 is 15.6 Å². The van der Waals surface area contributed by atoms with E-state index in [1.165, 1.54) is 51.4 Å². The molecular weight excluding hydrogens is 1430 g/mol. The lowest BCUT2D eigenvalue weighted by Gasteiger charge is -2.21. The molecular formula is C91H144O17P2. The molecule has 0 heterocycles. The van der Waals surface area contributed by atoms with Crippen LogP contribution in [0.15, 0.2) is 207 Å². The molecule has 0 aromatic carbocycles. The number of allylic oxidation sites excluding steroid dienone is 34. The number of phosphoric acid groups is 2. The van der Waals surface area contributed by atoms with E-state index in [1.807, 2.05) is 36.5 Å². The molecule has 2 unspecified atom stereocenters. The van der Waals surface area contributed by atoms with Crippen LogP contribution in [-0.4, -0.2) is 96.7 Å². The third kappa shape index (κ3) is 79.7. The SMILES string of the molecule is CC/C=C\C/C=C\C/C=C\C/C=C\C/C=C\C/C=C\CCC(=O)OC[C@H](COP(=O)(O)OC[C@@H](O)COP(=O)(O)OC[C@@H](COC(=O)CCCCCCCCCCCCCCC)OC(=O)CC/C=C\C/C=C\C/C=C\C/C=C\C/C=C\C/C=C\CC)OC(=O)CCCCC/C=C\C/C=C\C/C=C\C/C=C\C/C=C\CC. The maximum atomic E-state index is 13.1. The number of esters is 4. The average molecular weight is 1570 g/mol. The quantitative estimate of drug-likeness (QED) is 0.0169. The van der Waals surface area contributed by atoms with E-state index in [1.54, 1.807) is 0 Å². The fourth-order valence-corrected chi connectivity index (χ4v) is 11.7. The minimum atomic E-state index is -5.02. The number of carbonyl (C=O) groups excluding carboxylic acids is 4. The van der Waals surface area contributed by atoms with Gasteiger partial charge in [-0.1, -0.05) is 318 Å². The summed E-state index contributed by atoms with van der Waals surface area (Å²) in [5, 5.41) is 10.7. The minimum absolute atomic E-state index is 0.0182. The smallest absolute Gasteiger partial charge is 0.462 e. The van der Waals surface area contributed by atoms with Crippen molar-refractivity contribution in [1.82, 2.24) is 0 Å². The summed E-state index contributed by atoms with van der Waals surface area (Å²) in [7, 11) is -10.0. The maximum Gasteiger partial charge on any atom is 0.472 e. The summed E-state index contributed by atoms with van der Waals surface area (Å²) in [6.07, 6.45) is 101. The van der Waals surface area contributed by atoms with Crippen LogP contribution in [0.4, 0.5) is 0 Å². The topological polar surface area (TPSA) is 237 Å². The molecule has 0 aromatic heterocycles. The molecule has 110 heavy (non-hydrogen) atoms. The zero-order valence-electron chi connectivity index (χ0n) is 67.8. The van der Waals surface area contributed by atoms with Crippen LogP contribution in [0.5, 0.6) is 0 Å². The van der Waals surface area contributed by atoms with E-state index in [9.17, 15) is 43.2 Å². The lowest BCUT2D eigenvalue weighted by molar-refractivity contribution is -0.161. The van der Waals surface area contributed by atoms with Crippen LogP contribution in [0.1, 0.15) is 285 Å². The first kappa shape index (κ1) is 104. The second kappa shape index (κ2) is 80.7. The van der Waals surface area contributed by atoms with Gasteiger partial charge in [0, 0.05) is 25.7 Å². The third-order valence-electron chi connectivity index (χ3n) is 16.3. The zero-order valence-corrected chi connectivity index (χ0v) is 69.6. The Morgan fingerprint density at radius 3 is 0.800 bits per heavy atom. The highest BCUT2D eigenvalue weighted by Gasteiger charge is 2.30. The molecule has 17 nitrogen and oxygen atoms in total. The summed E-state index contributed by atoms with van der Waals surface area (Å²) < 4.78 is 68.5. The van der Waals surface area contributed by atoms with E-state index in [4.69, 9.17) is 37.0 Å². The Hall–Kier alpha value is -6.36. The van der Waals surface area contributed by atoms with Crippen molar-refractivity contribution in [1.29, 1.82) is 0 Å². The first-order chi connectivity index (χ1) is 53.7. The van der Waals surface area contributed by atoms with Crippen molar-refractivity contribution in [3.8, 4) is 0 Å². The molecule has 620 valence electrons. The first-order valence-electron chi connectivity index (χ1n) is 41.3. The highest BCUT2D eigenvalue weighted by molar-refractivity contribution is 7.47. The average Bonchev–Trinajstić information content (AvgIpc) is 0.906. The number of rotatable bonds is 75. The molecule has 0 aliphatic heterocycles. The minimum Gasteiger partial charge on any atom is -0.462 e. The molecule has 0 spiro atoms. The lowest BCUT2D eigenvalue weighted by Crippen LogP contribution is -2.30. The van der Waals surface area contributed by atoms with Gasteiger partial charge in [0.1, 0.15) is 19.3 Å². The largest absolute Gasteiger partial charge is 0.472 e. The fourth-order valence-electron chi connectivity index (χ4n) is 10.1. The van der Waals surface area contributed by atoms with Crippen molar-refractivity contribution in [2.24, 2.45) is 0 Å². The van der Waals surface area contributed by atoms with Crippen molar-refractivity contribution in [2.75, 3.05) is 39.6 Å². The molecule has 19 heteroatoms. The van der Waals surface area contributed by atoms with E-state index < -0.39 is 97.5 Å². The van der Waals surface area contributed by atoms with Crippen molar-refractivity contribution in [2.45, 2.75) is 303 Å². The van der Waals surface area contributed by atoms with Gasteiger partial charge in [-0.2, -0.15) is 0 Å². The number of aliphatic hydroxyl groups excluding tert-OH is 1. The summed E-state index contributed by atoms with van der Waals surface area (Å²) in [5.74, 6) is -2.43. The monoisotopic (exact) mass is 1570 g/mol. The van der Waals surface area contributed by atoms with Crippen LogP contribution < -0.4 is 0 Å². The van der Waals surface area contributed by atoms with E-state index >= 15 is 0 Å². The summed E-state index contributed by atoms with van der Waals surface area (Å²) in [6, 6.07) is 0. The highest BCUT2D eigenvalue weighted by Crippen LogP contribution is 2.45. The van der Waals surface area contributed by atoms with Gasteiger partial charge in [0.05, 0.1) is 26.4 Å². The van der Waals surface area contributed by atoms with E-state index in [2.05, 4.69) is 198 Å². The van der Waals surface area contributed by atoms with Crippen LogP contribution in [0.25, 0.3) is 0 Å². The van der Waals surface area contributed by atoms with Crippen molar-refractivity contribution in [3.63, 3.8) is 0 Å². The number of ether oxygens (including phenoxy) is 4. The van der Waals surface area contributed by atoms with Gasteiger partial charge in [-0.05, 0) is 148 Å². The standard InChI is InChI=1S/C91H144O17P2/c1-5-9-13-17-21-25-29-33-36-39-42-45-48-52-56-60-64-68-72-76-89(94)102-82-87(108-91(96)78-74-70-66-62-58-54-50-47-44-41-38-35-31-27-23-19-15-11-7-3)84-106-110(99,100)104-80-85(92)79-103-109(97,98)105-83-86(81-101-88(93)75-71-67-63-59-55-51-32-28-24-20-16-12-8-4)107-90(95)77-73-69-65-61-57-53-49-46-43-40-37-34-30-26-22-18-14-10-6-2/h9-11,13-15,21-23,25-27,33-38,42-47,52-54,56-58,64-65,68-69,85-87,92H,5-8,12,16-20,24,28-32,39-41,48-51,55,59-63,66-67,70-84H2,1-4H3,(H,97,98)(H,99,100)/b13-9-,14-10-,15-11-,25-21-,26-22-,27-23-,36-33-,37-34-,38-35-,45-42-,46-43-,47-44-,56-52-,57-53-,58-54-,68-64-,69-65-/t85-,86+,87+/m0/s1. The molecule has 0 amide bonds. The van der Waals surface area contributed by atoms with Gasteiger partial charge in [0.2, 0.25) is 0 Å². The molecule has 0 fully saturated rings. The Morgan fingerprint density at radius 2 is 0.491 bits per heavy atom. The number of aliphatic hydroxyl groups is 1. The first-order valence-corrected chi connectivity index (χ1v) is 44.3. The molecule has 0 aliphatic carbocycles. The van der Waals surface area contributed by atoms with E-state index in [-0.39, 0.29) is 25.7 Å². The molecule has 0 saturated heterocycles. The van der Waals surface area contributed by atoms with Gasteiger partial charge in [0.15, 0.2) is 12.2 Å². The van der Waals surface area contributed by atoms with E-state index in [0.717, 1.165) is 141 Å². The second-order valence-electron chi connectivity index (χ2n) is 26.6. The molecule has 3 N–H and O–H groups in total. The summed E-state index contributed by atoms with van der Waals surface area (Å²) in [6.45, 7) is 4.30. The zero-order chi connectivity index (χ0) is 80.3. The van der Waals surface area contributed by atoms with Gasteiger partial charge >= 0.3 is 39.5 Å². The number of hydrogen-bond donors (Lipinski definition) is 3. The molecule has 0 bridgehead atoms. The number of unbranched alkanes of at least 4 members (excludes halogenated alkanes) is 15. The predicted molar refractivity (Wildman–Crippen MR) is 454 cm³/mol. The Bertz CT molecular complexity index is 2900. The second-order valence-corrected chi connectivity index (χ2v) is 29.5. The molecule has 0 aromatic rings. The van der Waals surface area contributed by atoms with Gasteiger partial charge in [-0.3, -0.25) is 37.3 Å². The van der Waals surface area contributed by atoms with Crippen LogP contribution in [-0.2, 0) is 65.4 Å². The Balaban J connectivity index is 5.57.